The van der Waals surface area contributed by atoms with Crippen LogP contribution in [0.5, 0.6) is 5.75 Å². The van der Waals surface area contributed by atoms with Gasteiger partial charge in [-0.25, -0.2) is 4.39 Å². The summed E-state index contributed by atoms with van der Waals surface area (Å²) >= 11 is 0. The zero-order valence-electron chi connectivity index (χ0n) is 13.1. The molecular weight excluding hydrogens is 255 g/mol. The molecule has 20 heavy (non-hydrogen) atoms. The molecule has 0 spiro atoms. The number of methoxy groups -OCH3 is 1. The highest BCUT2D eigenvalue weighted by molar-refractivity contribution is 5.31. The summed E-state index contributed by atoms with van der Waals surface area (Å²) in [5.74, 6) is 0.0903. The van der Waals surface area contributed by atoms with Crippen LogP contribution in [0.3, 0.4) is 0 Å². The van der Waals surface area contributed by atoms with Crippen molar-refractivity contribution in [2.45, 2.75) is 32.2 Å². The lowest BCUT2D eigenvalue weighted by molar-refractivity contribution is 0.352. The predicted molar refractivity (Wildman–Crippen MR) is 81.9 cm³/mol. The van der Waals surface area contributed by atoms with Gasteiger partial charge in [0.05, 0.1) is 7.11 Å². The number of rotatable bonds is 9. The van der Waals surface area contributed by atoms with Gasteiger partial charge in [-0.3, -0.25) is 0 Å². The predicted octanol–water partition coefficient (Wildman–Crippen LogP) is 2.70. The summed E-state index contributed by atoms with van der Waals surface area (Å²) < 4.78 is 19.2. The van der Waals surface area contributed by atoms with Crippen molar-refractivity contribution in [2.24, 2.45) is 0 Å². The lowest BCUT2D eigenvalue weighted by Gasteiger charge is -2.21. The Morgan fingerprint density at radius 3 is 2.70 bits per heavy atom. The largest absolute Gasteiger partial charge is 0.494 e. The van der Waals surface area contributed by atoms with Gasteiger partial charge in [-0.05, 0) is 58.1 Å². The molecule has 0 saturated heterocycles. The lowest BCUT2D eigenvalue weighted by Crippen LogP contribution is -2.35. The molecule has 0 saturated carbocycles. The van der Waals surface area contributed by atoms with E-state index in [1.54, 1.807) is 6.07 Å². The van der Waals surface area contributed by atoms with E-state index in [-0.39, 0.29) is 5.82 Å². The molecule has 1 N–H and O–H groups in total. The molecule has 0 heterocycles. The number of hydrogen-bond acceptors (Lipinski definition) is 3. The second kappa shape index (κ2) is 8.93. The summed E-state index contributed by atoms with van der Waals surface area (Å²) in [6.07, 6.45) is 2.78. The van der Waals surface area contributed by atoms with Crippen molar-refractivity contribution in [2.75, 3.05) is 34.3 Å². The fourth-order valence-corrected chi connectivity index (χ4v) is 2.18. The minimum absolute atomic E-state index is 0.233. The van der Waals surface area contributed by atoms with Crippen LogP contribution >= 0.6 is 0 Å². The molecule has 0 fully saturated rings. The van der Waals surface area contributed by atoms with E-state index in [4.69, 9.17) is 4.74 Å². The minimum Gasteiger partial charge on any atom is -0.494 e. The van der Waals surface area contributed by atoms with Gasteiger partial charge in [0, 0.05) is 6.04 Å². The first-order valence-electron chi connectivity index (χ1n) is 7.28. The van der Waals surface area contributed by atoms with Gasteiger partial charge in [0.2, 0.25) is 0 Å². The fraction of sp³-hybridized carbons (Fsp3) is 0.625. The molecule has 0 aromatic heterocycles. The van der Waals surface area contributed by atoms with Crippen molar-refractivity contribution in [1.29, 1.82) is 0 Å². The Balaban J connectivity index is 2.72. The second-order valence-corrected chi connectivity index (χ2v) is 5.38. The first-order valence-corrected chi connectivity index (χ1v) is 7.28. The van der Waals surface area contributed by atoms with Crippen molar-refractivity contribution >= 4 is 0 Å². The first-order chi connectivity index (χ1) is 9.58. The number of halogens is 1. The summed E-state index contributed by atoms with van der Waals surface area (Å²) in [5, 5.41) is 3.50. The molecule has 0 aliphatic heterocycles. The molecule has 3 nitrogen and oxygen atoms in total. The summed E-state index contributed by atoms with van der Waals surface area (Å²) in [7, 11) is 5.62. The average molecular weight is 282 g/mol. The topological polar surface area (TPSA) is 24.5 Å². The molecule has 114 valence electrons. The number of nitrogens with one attached hydrogen (secondary N) is 1. The van der Waals surface area contributed by atoms with Gasteiger partial charge >= 0.3 is 0 Å². The first kappa shape index (κ1) is 16.9. The smallest absolute Gasteiger partial charge is 0.168 e. The van der Waals surface area contributed by atoms with Crippen LogP contribution in [0.2, 0.25) is 0 Å². The van der Waals surface area contributed by atoms with Gasteiger partial charge < -0.3 is 15.0 Å². The average Bonchev–Trinajstić information content (AvgIpc) is 2.43. The molecule has 0 amide bonds. The van der Waals surface area contributed by atoms with E-state index < -0.39 is 0 Å². The summed E-state index contributed by atoms with van der Waals surface area (Å²) in [5.41, 5.74) is 0.719. The Morgan fingerprint density at radius 2 is 2.10 bits per heavy atom. The lowest BCUT2D eigenvalue weighted by atomic mass is 10.0. The normalized spacial score (nSPS) is 12.7. The fourth-order valence-electron chi connectivity index (χ4n) is 2.18. The zero-order chi connectivity index (χ0) is 15.0. The Kier molecular flexibility index (Phi) is 7.55. The van der Waals surface area contributed by atoms with Gasteiger partial charge in [0.1, 0.15) is 0 Å². The van der Waals surface area contributed by atoms with E-state index in [0.717, 1.165) is 31.5 Å². The maximum Gasteiger partial charge on any atom is 0.168 e. The quantitative estimate of drug-likeness (QED) is 0.753. The van der Waals surface area contributed by atoms with Crippen LogP contribution in [0.15, 0.2) is 18.2 Å². The van der Waals surface area contributed by atoms with Gasteiger partial charge in [-0.1, -0.05) is 19.1 Å². The van der Waals surface area contributed by atoms with Gasteiger partial charge in [0.15, 0.2) is 11.6 Å². The van der Waals surface area contributed by atoms with Gasteiger partial charge in [-0.2, -0.15) is 0 Å². The SMILES string of the molecule is CCCNC(CCN(C)C)Cc1cccc(OC)c1F. The molecule has 1 unspecified atom stereocenters. The Bertz CT molecular complexity index is 396. The maximum absolute atomic E-state index is 14.2. The van der Waals surface area contributed by atoms with E-state index in [9.17, 15) is 4.39 Å². The molecule has 4 heteroatoms. The summed E-state index contributed by atoms with van der Waals surface area (Å²) in [4.78, 5) is 2.16. The third kappa shape index (κ3) is 5.47. The van der Waals surface area contributed by atoms with Crippen molar-refractivity contribution in [1.82, 2.24) is 10.2 Å². The van der Waals surface area contributed by atoms with E-state index in [1.165, 1.54) is 7.11 Å². The molecular formula is C16H27FN2O. The van der Waals surface area contributed by atoms with Crippen LogP contribution in [-0.2, 0) is 6.42 Å². The number of hydrogen-bond donors (Lipinski definition) is 1. The van der Waals surface area contributed by atoms with Crippen LogP contribution in [0, 0.1) is 5.82 Å². The number of ether oxygens (including phenoxy) is 1. The van der Waals surface area contributed by atoms with Crippen LogP contribution in [0.4, 0.5) is 4.39 Å². The van der Waals surface area contributed by atoms with Gasteiger partial charge in [0.25, 0.3) is 0 Å². The third-order valence-electron chi connectivity index (χ3n) is 3.34. The maximum atomic E-state index is 14.2. The molecule has 1 atom stereocenters. The van der Waals surface area contributed by atoms with Crippen LogP contribution in [0.1, 0.15) is 25.3 Å². The number of benzene rings is 1. The Labute approximate surface area is 122 Å². The van der Waals surface area contributed by atoms with Crippen LogP contribution in [0.25, 0.3) is 0 Å². The van der Waals surface area contributed by atoms with E-state index in [0.29, 0.717) is 18.2 Å². The molecule has 1 aromatic rings. The molecule has 0 bridgehead atoms. The highest BCUT2D eigenvalue weighted by atomic mass is 19.1. The van der Waals surface area contributed by atoms with Crippen LogP contribution in [-0.4, -0.2) is 45.2 Å². The monoisotopic (exact) mass is 282 g/mol. The molecule has 0 radical (unpaired) electrons. The zero-order valence-corrected chi connectivity index (χ0v) is 13.1. The van der Waals surface area contributed by atoms with Crippen LogP contribution < -0.4 is 10.1 Å². The van der Waals surface area contributed by atoms with E-state index in [1.807, 2.05) is 12.1 Å². The second-order valence-electron chi connectivity index (χ2n) is 5.38. The highest BCUT2D eigenvalue weighted by Gasteiger charge is 2.14. The Hall–Kier alpha value is -1.13. The standard InChI is InChI=1S/C16H27FN2O/c1-5-10-18-14(9-11-19(2)3)12-13-7-6-8-15(20-4)16(13)17/h6-8,14,18H,5,9-12H2,1-4H3. The molecule has 1 rings (SSSR count). The molecule has 1 aromatic carbocycles. The van der Waals surface area contributed by atoms with Crippen molar-refractivity contribution in [3.8, 4) is 5.75 Å². The van der Waals surface area contributed by atoms with Crippen molar-refractivity contribution < 1.29 is 9.13 Å². The summed E-state index contributed by atoms with van der Waals surface area (Å²) in [6.45, 7) is 4.10. The molecule has 0 aliphatic carbocycles. The minimum atomic E-state index is -0.233. The molecule has 0 aliphatic rings. The van der Waals surface area contributed by atoms with E-state index in [2.05, 4.69) is 31.2 Å². The third-order valence-corrected chi connectivity index (χ3v) is 3.34. The van der Waals surface area contributed by atoms with Crippen molar-refractivity contribution in [3.63, 3.8) is 0 Å². The highest BCUT2D eigenvalue weighted by Crippen LogP contribution is 2.21. The van der Waals surface area contributed by atoms with Gasteiger partial charge in [-0.15, -0.1) is 0 Å². The summed E-state index contributed by atoms with van der Waals surface area (Å²) in [6, 6.07) is 5.64. The Morgan fingerprint density at radius 1 is 1.35 bits per heavy atom. The van der Waals surface area contributed by atoms with Crippen molar-refractivity contribution in [3.05, 3.63) is 29.6 Å². The van der Waals surface area contributed by atoms with E-state index >= 15 is 0 Å². The number of nitrogens with zero attached hydrogens (tertiary/aromatic N) is 1.